The Hall–Kier alpha value is -3.16. The fraction of sp³-hybridized carbons (Fsp3) is 0.400. The Labute approximate surface area is 162 Å². The molecule has 0 unspecified atom stereocenters. The van der Waals surface area contributed by atoms with Gasteiger partial charge in [-0.25, -0.2) is 0 Å². The standard InChI is InChI=1S/C20H22O8/c1-23-14-7-10-6-11(9-28-16(10)20(27-5)18(14)25-3)12-8-13(21)17(24-2)19(26-4)15(12)22/h7-8,11H,6,9H2,1-5H3/t11-/m1/s1. The zero-order valence-corrected chi connectivity index (χ0v) is 16.4. The normalized spacial score (nSPS) is 18.8. The van der Waals surface area contributed by atoms with Crippen LogP contribution in [-0.2, 0) is 25.5 Å². The van der Waals surface area contributed by atoms with Crippen LogP contribution in [0.1, 0.15) is 5.56 Å². The number of benzene rings is 1. The smallest absolute Gasteiger partial charge is 0.228 e. The second-order valence-corrected chi connectivity index (χ2v) is 6.21. The number of methoxy groups -OCH3 is 5. The van der Waals surface area contributed by atoms with Crippen molar-refractivity contribution in [3.8, 4) is 23.0 Å². The summed E-state index contributed by atoms with van der Waals surface area (Å²) in [7, 11) is 7.21. The third-order valence-corrected chi connectivity index (χ3v) is 4.79. The monoisotopic (exact) mass is 390 g/mol. The summed E-state index contributed by atoms with van der Waals surface area (Å²) >= 11 is 0. The number of hydrogen-bond donors (Lipinski definition) is 0. The van der Waals surface area contributed by atoms with Gasteiger partial charge in [0.1, 0.15) is 0 Å². The molecule has 3 rings (SSSR count). The minimum atomic E-state index is -0.412. The minimum Gasteiger partial charge on any atom is -0.493 e. The van der Waals surface area contributed by atoms with Crippen LogP contribution in [0, 0.1) is 5.92 Å². The average Bonchev–Trinajstić information content (AvgIpc) is 2.72. The second kappa shape index (κ2) is 7.84. The number of Topliss-reactive ketones (excluding diaryl/α,β-unsaturated/α-hetero) is 1. The molecule has 1 aromatic carbocycles. The molecule has 1 aromatic rings. The van der Waals surface area contributed by atoms with Gasteiger partial charge >= 0.3 is 0 Å². The Morgan fingerprint density at radius 3 is 2.14 bits per heavy atom. The van der Waals surface area contributed by atoms with Crippen molar-refractivity contribution in [2.24, 2.45) is 5.92 Å². The fourth-order valence-corrected chi connectivity index (χ4v) is 3.50. The molecule has 0 N–H and O–H groups in total. The molecule has 0 spiro atoms. The Balaban J connectivity index is 1.98. The van der Waals surface area contributed by atoms with Gasteiger partial charge in [-0.1, -0.05) is 0 Å². The summed E-state index contributed by atoms with van der Waals surface area (Å²) in [6.07, 6.45) is 1.75. The second-order valence-electron chi connectivity index (χ2n) is 6.21. The highest BCUT2D eigenvalue weighted by atomic mass is 16.5. The highest BCUT2D eigenvalue weighted by Crippen LogP contribution is 2.49. The van der Waals surface area contributed by atoms with E-state index in [9.17, 15) is 9.59 Å². The molecule has 2 aliphatic rings. The number of hydrogen-bond acceptors (Lipinski definition) is 8. The lowest BCUT2D eigenvalue weighted by Crippen LogP contribution is -2.31. The van der Waals surface area contributed by atoms with Gasteiger partial charge in [0.25, 0.3) is 0 Å². The molecule has 1 aliphatic heterocycles. The van der Waals surface area contributed by atoms with Crippen LogP contribution in [0.2, 0.25) is 0 Å². The van der Waals surface area contributed by atoms with E-state index in [4.69, 9.17) is 28.4 Å². The molecule has 0 saturated carbocycles. The van der Waals surface area contributed by atoms with Crippen molar-refractivity contribution >= 4 is 11.6 Å². The van der Waals surface area contributed by atoms with Crippen LogP contribution in [0.25, 0.3) is 0 Å². The van der Waals surface area contributed by atoms with E-state index >= 15 is 0 Å². The maximum Gasteiger partial charge on any atom is 0.228 e. The fourth-order valence-electron chi connectivity index (χ4n) is 3.50. The SMILES string of the molecule is COC1=C(OC)C(=O)C([C@H]2COc3c(cc(OC)c(OC)c3OC)C2)=CC1=O. The van der Waals surface area contributed by atoms with Gasteiger partial charge in [-0.15, -0.1) is 0 Å². The molecule has 1 aliphatic carbocycles. The maximum atomic E-state index is 12.8. The van der Waals surface area contributed by atoms with Gasteiger partial charge in [0, 0.05) is 17.1 Å². The Morgan fingerprint density at radius 1 is 0.893 bits per heavy atom. The third-order valence-electron chi connectivity index (χ3n) is 4.79. The summed E-state index contributed by atoms with van der Waals surface area (Å²) in [5.74, 6) is 0.549. The van der Waals surface area contributed by atoms with E-state index in [1.54, 1.807) is 6.07 Å². The van der Waals surface area contributed by atoms with Crippen LogP contribution in [0.3, 0.4) is 0 Å². The molecule has 1 atom stereocenters. The molecule has 28 heavy (non-hydrogen) atoms. The van der Waals surface area contributed by atoms with Crippen LogP contribution < -0.4 is 18.9 Å². The number of carbonyl (C=O) groups is 2. The Kier molecular flexibility index (Phi) is 5.48. The lowest BCUT2D eigenvalue weighted by atomic mass is 9.84. The van der Waals surface area contributed by atoms with E-state index in [0.717, 1.165) is 5.56 Å². The van der Waals surface area contributed by atoms with Gasteiger partial charge in [0.15, 0.2) is 11.5 Å². The quantitative estimate of drug-likeness (QED) is 0.680. The van der Waals surface area contributed by atoms with Gasteiger partial charge < -0.3 is 28.4 Å². The summed E-state index contributed by atoms with van der Waals surface area (Å²) in [6, 6.07) is 1.78. The largest absolute Gasteiger partial charge is 0.493 e. The number of carbonyl (C=O) groups excluding carboxylic acids is 2. The molecule has 8 heteroatoms. The van der Waals surface area contributed by atoms with Crippen molar-refractivity contribution in [1.82, 2.24) is 0 Å². The molecule has 0 bridgehead atoms. The van der Waals surface area contributed by atoms with Crippen LogP contribution in [-0.4, -0.2) is 53.7 Å². The summed E-state index contributed by atoms with van der Waals surface area (Å²) in [5, 5.41) is 0. The number of fused-ring (bicyclic) bond motifs is 1. The minimum absolute atomic E-state index is 0.0959. The molecule has 8 nitrogen and oxygen atoms in total. The summed E-state index contributed by atoms with van der Waals surface area (Å²) in [6.45, 7) is 0.197. The van der Waals surface area contributed by atoms with Crippen LogP contribution >= 0.6 is 0 Å². The summed E-state index contributed by atoms with van der Waals surface area (Å²) in [5.41, 5.74) is 1.11. The molecule has 1 heterocycles. The molecule has 0 saturated heterocycles. The van der Waals surface area contributed by atoms with Crippen LogP contribution in [0.4, 0.5) is 0 Å². The van der Waals surface area contributed by atoms with Crippen molar-refractivity contribution in [2.45, 2.75) is 6.42 Å². The van der Waals surface area contributed by atoms with Crippen molar-refractivity contribution in [3.63, 3.8) is 0 Å². The molecule has 0 aromatic heterocycles. The van der Waals surface area contributed by atoms with Gasteiger partial charge in [-0.2, -0.15) is 0 Å². The first-order valence-electron chi connectivity index (χ1n) is 8.58. The first-order valence-corrected chi connectivity index (χ1v) is 8.58. The first-order chi connectivity index (χ1) is 13.5. The van der Waals surface area contributed by atoms with Crippen molar-refractivity contribution in [2.75, 3.05) is 42.2 Å². The summed E-state index contributed by atoms with van der Waals surface area (Å²) < 4.78 is 32.3. The van der Waals surface area contributed by atoms with Crippen LogP contribution in [0.15, 0.2) is 29.2 Å². The Bertz CT molecular complexity index is 881. The Morgan fingerprint density at radius 2 is 1.57 bits per heavy atom. The van der Waals surface area contributed by atoms with Crippen molar-refractivity contribution in [1.29, 1.82) is 0 Å². The molecule has 150 valence electrons. The number of ether oxygens (including phenoxy) is 6. The molecule has 0 radical (unpaired) electrons. The zero-order valence-electron chi connectivity index (χ0n) is 16.4. The molecule has 0 fully saturated rings. The van der Waals surface area contributed by atoms with E-state index in [0.29, 0.717) is 35.0 Å². The average molecular weight is 390 g/mol. The highest BCUT2D eigenvalue weighted by Gasteiger charge is 2.37. The van der Waals surface area contributed by atoms with E-state index in [2.05, 4.69) is 0 Å². The lowest BCUT2D eigenvalue weighted by Gasteiger charge is -2.30. The van der Waals surface area contributed by atoms with Gasteiger partial charge in [-0.3, -0.25) is 9.59 Å². The van der Waals surface area contributed by atoms with E-state index in [1.807, 2.05) is 0 Å². The number of rotatable bonds is 6. The van der Waals surface area contributed by atoms with Gasteiger partial charge in [0.2, 0.25) is 34.6 Å². The predicted octanol–water partition coefficient (Wildman–Crippen LogP) is 1.85. The molecular weight excluding hydrogens is 368 g/mol. The predicted molar refractivity (Wildman–Crippen MR) is 97.9 cm³/mol. The van der Waals surface area contributed by atoms with Gasteiger partial charge in [-0.05, 0) is 18.6 Å². The molecular formula is C20H22O8. The molecule has 0 amide bonds. The topological polar surface area (TPSA) is 89.5 Å². The third kappa shape index (κ3) is 3.04. The number of allylic oxidation sites excluding steroid dienone is 2. The van der Waals surface area contributed by atoms with E-state index in [-0.39, 0.29) is 29.8 Å². The van der Waals surface area contributed by atoms with Crippen LogP contribution in [0.5, 0.6) is 23.0 Å². The van der Waals surface area contributed by atoms with E-state index in [1.165, 1.54) is 41.6 Å². The maximum absolute atomic E-state index is 12.8. The van der Waals surface area contributed by atoms with Gasteiger partial charge in [0.05, 0.1) is 42.2 Å². The highest BCUT2D eigenvalue weighted by molar-refractivity contribution is 6.21. The number of ketones is 2. The first kappa shape index (κ1) is 19.6. The summed E-state index contributed by atoms with van der Waals surface area (Å²) in [4.78, 5) is 25.2. The van der Waals surface area contributed by atoms with Crippen molar-refractivity contribution < 1.29 is 38.0 Å². The lowest BCUT2D eigenvalue weighted by molar-refractivity contribution is -0.121. The zero-order chi connectivity index (χ0) is 20.4. The van der Waals surface area contributed by atoms with E-state index < -0.39 is 5.78 Å². The van der Waals surface area contributed by atoms with Crippen molar-refractivity contribution in [3.05, 3.63) is 34.8 Å².